The molecule has 3 rings (SSSR count). The number of rotatable bonds is 6. The van der Waals surface area contributed by atoms with E-state index in [1.165, 1.54) is 25.7 Å². The minimum absolute atomic E-state index is 0.0746. The Morgan fingerprint density at radius 3 is 2.67 bits per heavy atom. The summed E-state index contributed by atoms with van der Waals surface area (Å²) in [7, 11) is 1.94. The van der Waals surface area contributed by atoms with Gasteiger partial charge in [0.05, 0.1) is 11.3 Å². The van der Waals surface area contributed by atoms with Crippen LogP contribution in [0.15, 0.2) is 46.8 Å². The largest absolute Gasteiger partial charge is 0.312 e. The van der Waals surface area contributed by atoms with Crippen LogP contribution in [0.4, 0.5) is 0 Å². The number of nitrogens with zero attached hydrogens (tertiary/aromatic N) is 2. The lowest BCUT2D eigenvalue weighted by Gasteiger charge is -2.12. The Morgan fingerprint density at radius 2 is 1.96 bits per heavy atom. The number of nitrogens with one attached hydrogen (secondary N) is 1. The molecule has 4 heteroatoms. The Hall–Kier alpha value is -2.07. The summed E-state index contributed by atoms with van der Waals surface area (Å²) in [6, 6.07) is 9.81. The van der Waals surface area contributed by atoms with Crippen LogP contribution >= 0.6 is 0 Å². The molecule has 0 saturated heterocycles. The van der Waals surface area contributed by atoms with E-state index in [1.807, 2.05) is 49.0 Å². The van der Waals surface area contributed by atoms with E-state index in [0.717, 1.165) is 29.9 Å². The van der Waals surface area contributed by atoms with Crippen molar-refractivity contribution in [1.29, 1.82) is 0 Å². The number of aromatic nitrogens is 2. The van der Waals surface area contributed by atoms with Crippen LogP contribution in [0.25, 0.3) is 5.69 Å². The van der Waals surface area contributed by atoms with Gasteiger partial charge in [-0.25, -0.2) is 4.68 Å². The second-order valence-electron chi connectivity index (χ2n) is 6.58. The highest BCUT2D eigenvalue weighted by atomic mass is 16.1. The Bertz CT molecular complexity index is 768. The lowest BCUT2D eigenvalue weighted by molar-refractivity contribution is 0.627. The predicted molar refractivity (Wildman–Crippen MR) is 98.6 cm³/mol. The van der Waals surface area contributed by atoms with Gasteiger partial charge in [0.2, 0.25) is 0 Å². The summed E-state index contributed by atoms with van der Waals surface area (Å²) in [5.74, 6) is 0. The van der Waals surface area contributed by atoms with Crippen LogP contribution < -0.4 is 10.9 Å². The number of hydrogen-bond donors (Lipinski definition) is 1. The minimum Gasteiger partial charge on any atom is -0.312 e. The molecule has 0 aliphatic heterocycles. The molecule has 1 aromatic carbocycles. The monoisotopic (exact) mass is 325 g/mol. The molecule has 24 heavy (non-hydrogen) atoms. The molecule has 0 bridgehead atoms. The van der Waals surface area contributed by atoms with Crippen molar-refractivity contribution >= 4 is 0 Å². The fourth-order valence-corrected chi connectivity index (χ4v) is 3.42. The summed E-state index contributed by atoms with van der Waals surface area (Å²) in [5, 5.41) is 3.46. The van der Waals surface area contributed by atoms with Crippen molar-refractivity contribution in [2.45, 2.75) is 45.6 Å². The third-order valence-corrected chi connectivity index (χ3v) is 4.98. The van der Waals surface area contributed by atoms with Gasteiger partial charge >= 0.3 is 0 Å². The van der Waals surface area contributed by atoms with Crippen molar-refractivity contribution < 1.29 is 0 Å². The van der Waals surface area contributed by atoms with Gasteiger partial charge in [0.15, 0.2) is 0 Å². The van der Waals surface area contributed by atoms with Gasteiger partial charge in [-0.3, -0.25) is 9.48 Å². The summed E-state index contributed by atoms with van der Waals surface area (Å²) in [6.07, 6.45) is 8.62. The number of benzene rings is 1. The maximum absolute atomic E-state index is 12.8. The van der Waals surface area contributed by atoms with E-state index < -0.39 is 0 Å². The molecule has 1 heterocycles. The quantitative estimate of drug-likeness (QED) is 0.652. The van der Waals surface area contributed by atoms with Crippen molar-refractivity contribution in [3.05, 3.63) is 63.6 Å². The third kappa shape index (κ3) is 3.54. The Labute approximate surface area is 143 Å². The van der Waals surface area contributed by atoms with E-state index in [-0.39, 0.29) is 5.56 Å². The van der Waals surface area contributed by atoms with Gasteiger partial charge in [0, 0.05) is 19.3 Å². The first-order chi connectivity index (χ1) is 11.7. The molecule has 0 fully saturated rings. The first-order valence-corrected chi connectivity index (χ1v) is 8.90. The fraction of sp³-hybridized carbons (Fsp3) is 0.450. The zero-order valence-electron chi connectivity index (χ0n) is 14.7. The highest BCUT2D eigenvalue weighted by Crippen LogP contribution is 2.19. The van der Waals surface area contributed by atoms with Gasteiger partial charge in [0.25, 0.3) is 5.56 Å². The molecule has 2 aromatic rings. The van der Waals surface area contributed by atoms with Crippen molar-refractivity contribution in [2.75, 3.05) is 6.54 Å². The van der Waals surface area contributed by atoms with Crippen LogP contribution in [0.2, 0.25) is 0 Å². The highest BCUT2D eigenvalue weighted by Gasteiger charge is 2.15. The van der Waals surface area contributed by atoms with Crippen molar-refractivity contribution in [2.24, 2.45) is 7.05 Å². The molecule has 1 aromatic heterocycles. The van der Waals surface area contributed by atoms with Crippen LogP contribution in [0.1, 0.15) is 43.4 Å². The Morgan fingerprint density at radius 1 is 1.17 bits per heavy atom. The molecule has 0 radical (unpaired) electrons. The topological polar surface area (TPSA) is 39.0 Å². The molecule has 0 amide bonds. The molecule has 1 N–H and O–H groups in total. The predicted octanol–water partition coefficient (Wildman–Crippen LogP) is 3.46. The zero-order chi connectivity index (χ0) is 16.9. The maximum Gasteiger partial charge on any atom is 0.276 e. The van der Waals surface area contributed by atoms with E-state index in [2.05, 4.69) is 11.4 Å². The van der Waals surface area contributed by atoms with Crippen LogP contribution in [0.5, 0.6) is 0 Å². The molecule has 0 spiro atoms. The molecular weight excluding hydrogens is 298 g/mol. The lowest BCUT2D eigenvalue weighted by Crippen LogP contribution is -2.24. The molecule has 1 aliphatic carbocycles. The van der Waals surface area contributed by atoms with Crippen LogP contribution in [0.3, 0.4) is 0 Å². The van der Waals surface area contributed by atoms with E-state index >= 15 is 0 Å². The molecule has 4 nitrogen and oxygen atoms in total. The van der Waals surface area contributed by atoms with Gasteiger partial charge in [-0.2, -0.15) is 0 Å². The van der Waals surface area contributed by atoms with Crippen LogP contribution in [-0.4, -0.2) is 15.9 Å². The molecule has 0 saturated carbocycles. The van der Waals surface area contributed by atoms with Crippen molar-refractivity contribution in [3.8, 4) is 5.69 Å². The standard InChI is InChI=1S/C20H27N3O/c1-16-19(15-21-14-13-17-9-5-3-6-10-17)20(24)23(22(16)2)18-11-7-4-8-12-18/h4,7-9,11-12,21H,3,5-6,10,13-15H2,1-2H3. The summed E-state index contributed by atoms with van der Waals surface area (Å²) >= 11 is 0. The molecule has 0 atom stereocenters. The van der Waals surface area contributed by atoms with E-state index in [0.29, 0.717) is 6.54 Å². The van der Waals surface area contributed by atoms with Gasteiger partial charge in [-0.05, 0) is 57.7 Å². The number of para-hydroxylation sites is 1. The molecule has 0 unspecified atom stereocenters. The van der Waals surface area contributed by atoms with Crippen molar-refractivity contribution in [3.63, 3.8) is 0 Å². The SMILES string of the molecule is Cc1c(CNCCC2=CCCCC2)c(=O)n(-c2ccccc2)n1C. The molecular formula is C20H27N3O. The lowest BCUT2D eigenvalue weighted by atomic mass is 9.97. The summed E-state index contributed by atoms with van der Waals surface area (Å²) < 4.78 is 3.69. The Balaban J connectivity index is 1.68. The molecule has 128 valence electrons. The zero-order valence-corrected chi connectivity index (χ0v) is 14.7. The van der Waals surface area contributed by atoms with Gasteiger partial charge in [-0.15, -0.1) is 0 Å². The summed E-state index contributed by atoms with van der Waals surface area (Å²) in [4.78, 5) is 12.8. The number of hydrogen-bond acceptors (Lipinski definition) is 2. The molecule has 1 aliphatic rings. The number of allylic oxidation sites excluding steroid dienone is 1. The van der Waals surface area contributed by atoms with Crippen LogP contribution in [-0.2, 0) is 13.6 Å². The summed E-state index contributed by atoms with van der Waals surface area (Å²) in [5.41, 5.74) is 4.43. The summed E-state index contributed by atoms with van der Waals surface area (Å²) in [6.45, 7) is 3.58. The average Bonchev–Trinajstić information content (AvgIpc) is 2.83. The highest BCUT2D eigenvalue weighted by molar-refractivity contribution is 5.33. The van der Waals surface area contributed by atoms with Crippen molar-refractivity contribution in [1.82, 2.24) is 14.7 Å². The van der Waals surface area contributed by atoms with Gasteiger partial charge in [-0.1, -0.05) is 29.8 Å². The normalized spacial score (nSPS) is 14.7. The third-order valence-electron chi connectivity index (χ3n) is 4.98. The minimum atomic E-state index is 0.0746. The van der Waals surface area contributed by atoms with Crippen LogP contribution in [0, 0.1) is 6.92 Å². The Kier molecular flexibility index (Phi) is 5.36. The van der Waals surface area contributed by atoms with Gasteiger partial charge < -0.3 is 5.32 Å². The second kappa shape index (κ2) is 7.67. The smallest absolute Gasteiger partial charge is 0.276 e. The first kappa shape index (κ1) is 16.8. The average molecular weight is 325 g/mol. The first-order valence-electron chi connectivity index (χ1n) is 8.90. The van der Waals surface area contributed by atoms with E-state index in [9.17, 15) is 4.79 Å². The van der Waals surface area contributed by atoms with E-state index in [1.54, 1.807) is 10.3 Å². The maximum atomic E-state index is 12.8. The van der Waals surface area contributed by atoms with Gasteiger partial charge in [0.1, 0.15) is 0 Å². The fourth-order valence-electron chi connectivity index (χ4n) is 3.42. The second-order valence-corrected chi connectivity index (χ2v) is 6.58. The van der Waals surface area contributed by atoms with E-state index in [4.69, 9.17) is 0 Å².